The minimum atomic E-state index is -0.207. The van der Waals surface area contributed by atoms with Crippen LogP contribution >= 0.6 is 0 Å². The van der Waals surface area contributed by atoms with Gasteiger partial charge in [-0.15, -0.1) is 0 Å². The van der Waals surface area contributed by atoms with E-state index in [-0.39, 0.29) is 11.9 Å². The number of nitrogens with one attached hydrogen (secondary N) is 1. The van der Waals surface area contributed by atoms with Crippen LogP contribution in [0.15, 0.2) is 18.2 Å². The molecule has 0 aliphatic carbocycles. The number of rotatable bonds is 6. The summed E-state index contributed by atoms with van der Waals surface area (Å²) in [6.45, 7) is 5.10. The Balaban J connectivity index is 1.73. The van der Waals surface area contributed by atoms with E-state index < -0.39 is 0 Å². The molecule has 2 rings (SSSR count). The summed E-state index contributed by atoms with van der Waals surface area (Å²) in [6, 6.07) is 4.64. The monoisotopic (exact) mass is 239 g/mol. The molecule has 0 radical (unpaired) electrons. The van der Waals surface area contributed by atoms with E-state index in [0.717, 1.165) is 30.8 Å². The third-order valence-corrected chi connectivity index (χ3v) is 2.74. The zero-order chi connectivity index (χ0) is 12.1. The van der Waals surface area contributed by atoms with E-state index in [0.29, 0.717) is 13.2 Å². The largest absolute Gasteiger partial charge is 0.487 e. The maximum absolute atomic E-state index is 13.0. The number of likely N-dealkylation sites (N-methyl/N-ethyl adjacent to an activating group) is 1. The third kappa shape index (κ3) is 3.41. The van der Waals surface area contributed by atoms with Crippen molar-refractivity contribution in [2.24, 2.45) is 0 Å². The molecular formula is C13H18FNO2. The van der Waals surface area contributed by atoms with Crippen LogP contribution in [0.25, 0.3) is 0 Å². The number of fused-ring (bicyclic) bond motifs is 1. The van der Waals surface area contributed by atoms with E-state index >= 15 is 0 Å². The Kier molecular flexibility index (Phi) is 4.34. The molecular weight excluding hydrogens is 221 g/mol. The van der Waals surface area contributed by atoms with Gasteiger partial charge in [0.1, 0.15) is 17.7 Å². The molecule has 0 amide bonds. The Hall–Kier alpha value is -1.13. The van der Waals surface area contributed by atoms with E-state index in [1.165, 1.54) is 12.1 Å². The average molecular weight is 239 g/mol. The Morgan fingerprint density at radius 2 is 2.41 bits per heavy atom. The molecule has 0 spiro atoms. The molecule has 1 aliphatic rings. The van der Waals surface area contributed by atoms with Gasteiger partial charge < -0.3 is 14.8 Å². The number of benzene rings is 1. The first-order chi connectivity index (χ1) is 8.29. The molecule has 0 saturated carbocycles. The lowest BCUT2D eigenvalue weighted by atomic mass is 10.1. The summed E-state index contributed by atoms with van der Waals surface area (Å²) in [5, 5.41) is 3.18. The molecule has 4 heteroatoms. The van der Waals surface area contributed by atoms with Crippen molar-refractivity contribution in [2.75, 3.05) is 26.3 Å². The van der Waals surface area contributed by atoms with Crippen LogP contribution < -0.4 is 10.1 Å². The van der Waals surface area contributed by atoms with Gasteiger partial charge in [0.05, 0.1) is 13.2 Å². The lowest BCUT2D eigenvalue weighted by Gasteiger charge is -2.11. The molecule has 17 heavy (non-hydrogen) atoms. The SMILES string of the molecule is CCNCCOCC1Cc2cc(F)ccc2O1. The summed E-state index contributed by atoms with van der Waals surface area (Å²) in [5.41, 5.74) is 0.935. The minimum Gasteiger partial charge on any atom is -0.487 e. The van der Waals surface area contributed by atoms with Crippen molar-refractivity contribution in [2.45, 2.75) is 19.4 Å². The molecule has 94 valence electrons. The number of halogens is 1. The molecule has 3 nitrogen and oxygen atoms in total. The molecule has 0 fully saturated rings. The highest BCUT2D eigenvalue weighted by molar-refractivity contribution is 5.37. The maximum Gasteiger partial charge on any atom is 0.126 e. The van der Waals surface area contributed by atoms with Gasteiger partial charge >= 0.3 is 0 Å². The number of ether oxygens (including phenoxy) is 2. The number of hydrogen-bond donors (Lipinski definition) is 1. The van der Waals surface area contributed by atoms with Gasteiger partial charge in [0.2, 0.25) is 0 Å². The fourth-order valence-corrected chi connectivity index (χ4v) is 1.92. The summed E-state index contributed by atoms with van der Waals surface area (Å²) in [6.07, 6.45) is 0.752. The van der Waals surface area contributed by atoms with Crippen molar-refractivity contribution in [1.82, 2.24) is 5.32 Å². The van der Waals surface area contributed by atoms with Gasteiger partial charge in [-0.1, -0.05) is 6.92 Å². The molecule has 0 aromatic heterocycles. The van der Waals surface area contributed by atoms with Gasteiger partial charge in [-0.05, 0) is 24.7 Å². The smallest absolute Gasteiger partial charge is 0.126 e. The van der Waals surface area contributed by atoms with Crippen LogP contribution in [0.2, 0.25) is 0 Å². The van der Waals surface area contributed by atoms with Crippen LogP contribution in [-0.2, 0) is 11.2 Å². The highest BCUT2D eigenvalue weighted by Crippen LogP contribution is 2.29. The molecule has 0 saturated heterocycles. The van der Waals surface area contributed by atoms with Gasteiger partial charge in [0, 0.05) is 18.5 Å². The van der Waals surface area contributed by atoms with E-state index in [1.807, 2.05) is 0 Å². The molecule has 1 unspecified atom stereocenters. The van der Waals surface area contributed by atoms with Gasteiger partial charge in [-0.25, -0.2) is 4.39 Å². The van der Waals surface area contributed by atoms with E-state index in [1.54, 1.807) is 6.07 Å². The molecule has 1 aliphatic heterocycles. The van der Waals surface area contributed by atoms with Crippen molar-refractivity contribution in [3.05, 3.63) is 29.6 Å². The molecule has 1 aromatic carbocycles. The summed E-state index contributed by atoms with van der Waals surface area (Å²) >= 11 is 0. The normalized spacial score (nSPS) is 17.9. The lowest BCUT2D eigenvalue weighted by Crippen LogP contribution is -2.24. The maximum atomic E-state index is 13.0. The second kappa shape index (κ2) is 5.98. The predicted octanol–water partition coefficient (Wildman–Crippen LogP) is 1.76. The van der Waals surface area contributed by atoms with Crippen molar-refractivity contribution in [3.8, 4) is 5.75 Å². The minimum absolute atomic E-state index is 0.0217. The second-order valence-electron chi connectivity index (χ2n) is 4.12. The standard InChI is InChI=1S/C13H18FNO2/c1-2-15-5-6-16-9-12-8-10-7-11(14)3-4-13(10)17-12/h3-4,7,12,15H,2,5-6,8-9H2,1H3. The quantitative estimate of drug-likeness (QED) is 0.767. The topological polar surface area (TPSA) is 30.5 Å². The van der Waals surface area contributed by atoms with Crippen LogP contribution in [-0.4, -0.2) is 32.4 Å². The summed E-state index contributed by atoms with van der Waals surface area (Å²) in [7, 11) is 0. The van der Waals surface area contributed by atoms with E-state index in [9.17, 15) is 4.39 Å². The predicted molar refractivity (Wildman–Crippen MR) is 63.9 cm³/mol. The van der Waals surface area contributed by atoms with Crippen LogP contribution in [0, 0.1) is 5.82 Å². The second-order valence-corrected chi connectivity index (χ2v) is 4.12. The number of hydrogen-bond acceptors (Lipinski definition) is 3. The third-order valence-electron chi connectivity index (χ3n) is 2.74. The lowest BCUT2D eigenvalue weighted by molar-refractivity contribution is 0.0622. The average Bonchev–Trinajstić information content (AvgIpc) is 2.70. The summed E-state index contributed by atoms with van der Waals surface area (Å²) in [4.78, 5) is 0. The van der Waals surface area contributed by atoms with Crippen molar-refractivity contribution in [3.63, 3.8) is 0 Å². The van der Waals surface area contributed by atoms with Crippen molar-refractivity contribution in [1.29, 1.82) is 0 Å². The Morgan fingerprint density at radius 3 is 3.24 bits per heavy atom. The Morgan fingerprint density at radius 1 is 1.53 bits per heavy atom. The van der Waals surface area contributed by atoms with Crippen LogP contribution in [0.1, 0.15) is 12.5 Å². The van der Waals surface area contributed by atoms with Crippen LogP contribution in [0.5, 0.6) is 5.75 Å². The van der Waals surface area contributed by atoms with Crippen LogP contribution in [0.4, 0.5) is 4.39 Å². The fraction of sp³-hybridized carbons (Fsp3) is 0.538. The molecule has 1 atom stereocenters. The summed E-state index contributed by atoms with van der Waals surface area (Å²) in [5.74, 6) is 0.577. The molecule has 1 N–H and O–H groups in total. The molecule has 1 aromatic rings. The highest BCUT2D eigenvalue weighted by atomic mass is 19.1. The van der Waals surface area contributed by atoms with Gasteiger partial charge in [-0.2, -0.15) is 0 Å². The van der Waals surface area contributed by atoms with E-state index in [4.69, 9.17) is 9.47 Å². The van der Waals surface area contributed by atoms with Gasteiger partial charge in [0.25, 0.3) is 0 Å². The zero-order valence-electron chi connectivity index (χ0n) is 10.0. The highest BCUT2D eigenvalue weighted by Gasteiger charge is 2.23. The fourth-order valence-electron chi connectivity index (χ4n) is 1.92. The Bertz CT molecular complexity index is 370. The van der Waals surface area contributed by atoms with Crippen molar-refractivity contribution >= 4 is 0 Å². The Labute approximate surface area is 101 Å². The van der Waals surface area contributed by atoms with Gasteiger partial charge in [0.15, 0.2) is 0 Å². The van der Waals surface area contributed by atoms with Crippen LogP contribution in [0.3, 0.4) is 0 Å². The first-order valence-corrected chi connectivity index (χ1v) is 6.03. The van der Waals surface area contributed by atoms with Crippen molar-refractivity contribution < 1.29 is 13.9 Å². The first kappa shape index (κ1) is 12.3. The van der Waals surface area contributed by atoms with E-state index in [2.05, 4.69) is 12.2 Å². The molecule has 0 bridgehead atoms. The molecule has 1 heterocycles. The summed E-state index contributed by atoms with van der Waals surface area (Å²) < 4.78 is 24.1. The zero-order valence-corrected chi connectivity index (χ0v) is 10.0. The van der Waals surface area contributed by atoms with Gasteiger partial charge in [-0.3, -0.25) is 0 Å². The first-order valence-electron chi connectivity index (χ1n) is 6.03.